The van der Waals surface area contributed by atoms with Crippen LogP contribution in [0.25, 0.3) is 0 Å². The number of likely N-dealkylation sites (N-methyl/N-ethyl adjacent to an activating group) is 1. The molecule has 0 aliphatic heterocycles. The molecule has 27 heavy (non-hydrogen) atoms. The summed E-state index contributed by atoms with van der Waals surface area (Å²) in [5.74, 6) is -0.467. The van der Waals surface area contributed by atoms with Crippen molar-refractivity contribution in [3.05, 3.63) is 59.7 Å². The second-order valence-electron chi connectivity index (χ2n) is 6.77. The molecule has 0 radical (unpaired) electrons. The van der Waals surface area contributed by atoms with Crippen molar-refractivity contribution in [3.8, 4) is 5.75 Å². The van der Waals surface area contributed by atoms with Crippen LogP contribution in [0.3, 0.4) is 0 Å². The van der Waals surface area contributed by atoms with Crippen LogP contribution in [0, 0.1) is 0 Å². The number of amides is 1. The highest BCUT2D eigenvalue weighted by atomic mass is 16.5. The summed E-state index contributed by atoms with van der Waals surface area (Å²) in [4.78, 5) is 28.0. The number of nitrogens with one attached hydrogen (secondary N) is 1. The summed E-state index contributed by atoms with van der Waals surface area (Å²) in [7, 11) is 7.95. The van der Waals surface area contributed by atoms with Crippen molar-refractivity contribution >= 4 is 17.6 Å². The lowest BCUT2D eigenvalue weighted by atomic mass is 10.0. The third-order valence-corrected chi connectivity index (χ3v) is 4.26. The molecule has 2 aromatic rings. The SMILES string of the molecule is CC(=O)Oc1ccccc1C(=O)NCC(c1ccc(N(C)C)cc1)N(C)C. The Kier molecular flexibility index (Phi) is 6.96. The molecular weight excluding hydrogens is 342 g/mol. The molecule has 6 heteroatoms. The number of hydrogen-bond acceptors (Lipinski definition) is 5. The first kappa shape index (κ1) is 20.5. The van der Waals surface area contributed by atoms with E-state index in [0.29, 0.717) is 12.1 Å². The Morgan fingerprint density at radius 3 is 2.19 bits per heavy atom. The van der Waals surface area contributed by atoms with Crippen molar-refractivity contribution in [1.82, 2.24) is 10.2 Å². The van der Waals surface area contributed by atoms with Gasteiger partial charge in [-0.3, -0.25) is 9.59 Å². The predicted molar refractivity (Wildman–Crippen MR) is 107 cm³/mol. The van der Waals surface area contributed by atoms with E-state index in [0.717, 1.165) is 11.3 Å². The Bertz CT molecular complexity index is 786. The van der Waals surface area contributed by atoms with Gasteiger partial charge in [0.15, 0.2) is 0 Å². The van der Waals surface area contributed by atoms with Gasteiger partial charge >= 0.3 is 5.97 Å². The highest BCUT2D eigenvalue weighted by Gasteiger charge is 2.18. The fourth-order valence-corrected chi connectivity index (χ4v) is 2.78. The summed E-state index contributed by atoms with van der Waals surface area (Å²) in [5.41, 5.74) is 2.57. The summed E-state index contributed by atoms with van der Waals surface area (Å²) < 4.78 is 5.13. The average Bonchev–Trinajstić information content (AvgIpc) is 2.61. The van der Waals surface area contributed by atoms with Gasteiger partial charge in [-0.1, -0.05) is 24.3 Å². The lowest BCUT2D eigenvalue weighted by Gasteiger charge is -2.26. The maximum absolute atomic E-state index is 12.6. The van der Waals surface area contributed by atoms with Crippen molar-refractivity contribution in [1.29, 1.82) is 0 Å². The molecule has 1 atom stereocenters. The number of esters is 1. The number of ether oxygens (including phenoxy) is 1. The normalized spacial score (nSPS) is 11.8. The van der Waals surface area contributed by atoms with Gasteiger partial charge in [0.05, 0.1) is 11.6 Å². The van der Waals surface area contributed by atoms with Gasteiger partial charge in [-0.25, -0.2) is 0 Å². The highest BCUT2D eigenvalue weighted by molar-refractivity contribution is 5.97. The van der Waals surface area contributed by atoms with Crippen LogP contribution in [0.1, 0.15) is 28.9 Å². The zero-order valence-electron chi connectivity index (χ0n) is 16.5. The molecular formula is C21H27N3O3. The Labute approximate surface area is 160 Å². The molecule has 0 saturated carbocycles. The molecule has 0 spiro atoms. The monoisotopic (exact) mass is 369 g/mol. The van der Waals surface area contributed by atoms with E-state index in [1.165, 1.54) is 6.92 Å². The number of nitrogens with zero attached hydrogens (tertiary/aromatic N) is 2. The lowest BCUT2D eigenvalue weighted by Crippen LogP contribution is -2.34. The number of anilines is 1. The van der Waals surface area contributed by atoms with E-state index in [4.69, 9.17) is 4.74 Å². The van der Waals surface area contributed by atoms with E-state index < -0.39 is 5.97 Å². The van der Waals surface area contributed by atoms with Crippen molar-refractivity contribution < 1.29 is 14.3 Å². The molecule has 0 saturated heterocycles. The van der Waals surface area contributed by atoms with Crippen molar-refractivity contribution in [3.63, 3.8) is 0 Å². The van der Waals surface area contributed by atoms with Crippen LogP contribution in [0.4, 0.5) is 5.69 Å². The van der Waals surface area contributed by atoms with Crippen LogP contribution < -0.4 is 15.0 Å². The third-order valence-electron chi connectivity index (χ3n) is 4.26. The fraction of sp³-hybridized carbons (Fsp3) is 0.333. The van der Waals surface area contributed by atoms with Crippen LogP contribution in [0.2, 0.25) is 0 Å². The van der Waals surface area contributed by atoms with Gasteiger partial charge in [-0.2, -0.15) is 0 Å². The van der Waals surface area contributed by atoms with E-state index in [9.17, 15) is 9.59 Å². The van der Waals surface area contributed by atoms with Crippen LogP contribution in [-0.2, 0) is 4.79 Å². The molecule has 1 N–H and O–H groups in total. The van der Waals surface area contributed by atoms with E-state index >= 15 is 0 Å². The summed E-state index contributed by atoms with van der Waals surface area (Å²) in [6.45, 7) is 1.75. The maximum atomic E-state index is 12.6. The molecule has 2 rings (SSSR count). The van der Waals surface area contributed by atoms with Crippen molar-refractivity contribution in [2.45, 2.75) is 13.0 Å². The first-order chi connectivity index (χ1) is 12.8. The van der Waals surface area contributed by atoms with Crippen molar-refractivity contribution in [2.75, 3.05) is 39.6 Å². The number of hydrogen-bond donors (Lipinski definition) is 1. The van der Waals surface area contributed by atoms with E-state index in [-0.39, 0.29) is 17.7 Å². The number of carbonyl (C=O) groups is 2. The quantitative estimate of drug-likeness (QED) is 0.601. The molecule has 2 aromatic carbocycles. The molecule has 6 nitrogen and oxygen atoms in total. The van der Waals surface area contributed by atoms with Crippen LogP contribution in [0.15, 0.2) is 48.5 Å². The molecule has 0 bridgehead atoms. The summed E-state index contributed by atoms with van der Waals surface area (Å²) in [6, 6.07) is 15.0. The summed E-state index contributed by atoms with van der Waals surface area (Å²) >= 11 is 0. The fourth-order valence-electron chi connectivity index (χ4n) is 2.78. The molecule has 1 amide bonds. The van der Waals surface area contributed by atoms with E-state index in [2.05, 4.69) is 34.5 Å². The van der Waals surface area contributed by atoms with Crippen LogP contribution in [-0.4, -0.2) is 51.5 Å². The molecule has 0 aliphatic rings. The maximum Gasteiger partial charge on any atom is 0.308 e. The first-order valence-electron chi connectivity index (χ1n) is 8.79. The molecule has 0 aromatic heterocycles. The summed E-state index contributed by atoms with van der Waals surface area (Å²) in [5, 5.41) is 2.95. The van der Waals surface area contributed by atoms with Gasteiger partial charge in [0.2, 0.25) is 0 Å². The van der Waals surface area contributed by atoms with Gasteiger partial charge in [0.1, 0.15) is 5.75 Å². The standard InChI is InChI=1S/C21H27N3O3/c1-15(25)27-20-9-7-6-8-18(20)21(26)22-14-19(24(4)5)16-10-12-17(13-11-16)23(2)3/h6-13,19H,14H2,1-5H3,(H,22,26). The minimum Gasteiger partial charge on any atom is -0.426 e. The topological polar surface area (TPSA) is 61.9 Å². The summed E-state index contributed by atoms with van der Waals surface area (Å²) in [6.07, 6.45) is 0. The largest absolute Gasteiger partial charge is 0.426 e. The van der Waals surface area contributed by atoms with Gasteiger partial charge in [0.25, 0.3) is 5.91 Å². The number of rotatable bonds is 7. The number of carbonyl (C=O) groups excluding carboxylic acids is 2. The number of benzene rings is 2. The third kappa shape index (κ3) is 5.56. The predicted octanol–water partition coefficient (Wildman–Crippen LogP) is 2.71. The van der Waals surface area contributed by atoms with Crippen molar-refractivity contribution in [2.24, 2.45) is 0 Å². The minimum absolute atomic E-state index is 0.0195. The molecule has 0 heterocycles. The Morgan fingerprint density at radius 1 is 1.00 bits per heavy atom. The zero-order chi connectivity index (χ0) is 20.0. The molecule has 1 unspecified atom stereocenters. The first-order valence-corrected chi connectivity index (χ1v) is 8.79. The Balaban J connectivity index is 2.12. The van der Waals surface area contributed by atoms with Gasteiger partial charge < -0.3 is 19.9 Å². The molecule has 0 aliphatic carbocycles. The van der Waals surface area contributed by atoms with Crippen LogP contribution in [0.5, 0.6) is 5.75 Å². The Hall–Kier alpha value is -2.86. The lowest BCUT2D eigenvalue weighted by molar-refractivity contribution is -0.131. The average molecular weight is 369 g/mol. The second-order valence-corrected chi connectivity index (χ2v) is 6.77. The Morgan fingerprint density at radius 2 is 1.63 bits per heavy atom. The number of para-hydroxylation sites is 1. The highest BCUT2D eigenvalue weighted by Crippen LogP contribution is 2.22. The second kappa shape index (κ2) is 9.19. The minimum atomic E-state index is -0.456. The van der Waals surface area contributed by atoms with Gasteiger partial charge in [-0.15, -0.1) is 0 Å². The zero-order valence-corrected chi connectivity index (χ0v) is 16.5. The van der Waals surface area contributed by atoms with E-state index in [1.54, 1.807) is 24.3 Å². The molecule has 0 fully saturated rings. The van der Waals surface area contributed by atoms with Gasteiger partial charge in [0, 0.05) is 33.3 Å². The van der Waals surface area contributed by atoms with Crippen LogP contribution >= 0.6 is 0 Å². The molecule has 144 valence electrons. The smallest absolute Gasteiger partial charge is 0.308 e. The van der Waals surface area contributed by atoms with Gasteiger partial charge in [-0.05, 0) is 43.9 Å². The van der Waals surface area contributed by atoms with E-state index in [1.807, 2.05) is 33.1 Å².